The molecule has 9 aromatic carbocycles. The Hall–Kier alpha value is -7.62. The van der Waals surface area contributed by atoms with Crippen LogP contribution < -0.4 is 4.90 Å². The van der Waals surface area contributed by atoms with Crippen molar-refractivity contribution in [3.05, 3.63) is 252 Å². The van der Waals surface area contributed by atoms with Crippen LogP contribution in [0, 0.1) is 0 Å². The molecule has 0 radical (unpaired) electrons. The average molecular weight is 824 g/mol. The van der Waals surface area contributed by atoms with Gasteiger partial charge in [0.2, 0.25) is 0 Å². The molecule has 64 heavy (non-hydrogen) atoms. The van der Waals surface area contributed by atoms with Gasteiger partial charge < -0.3 is 4.90 Å². The molecule has 0 N–H and O–H groups in total. The largest absolute Gasteiger partial charge is 0.310 e. The van der Waals surface area contributed by atoms with Crippen molar-refractivity contribution in [2.45, 2.75) is 44.6 Å². The maximum absolute atomic E-state index is 4.94. The van der Waals surface area contributed by atoms with Crippen molar-refractivity contribution in [1.29, 1.82) is 0 Å². The van der Waals surface area contributed by atoms with Crippen molar-refractivity contribution < 1.29 is 0 Å². The van der Waals surface area contributed by atoms with Crippen LogP contribution >= 0.6 is 0 Å². The molecule has 308 valence electrons. The number of hydrogen-bond acceptors (Lipinski definition) is 3. The minimum atomic E-state index is -0.214. The van der Waals surface area contributed by atoms with Crippen molar-refractivity contribution in [3.8, 4) is 44.5 Å². The molecule has 0 spiro atoms. The Bertz CT molecular complexity index is 3140. The van der Waals surface area contributed by atoms with E-state index in [0.29, 0.717) is 0 Å². The molecule has 0 bridgehead atoms. The second-order valence-corrected chi connectivity index (χ2v) is 18.3. The van der Waals surface area contributed by atoms with E-state index in [2.05, 4.69) is 239 Å². The van der Waals surface area contributed by atoms with Gasteiger partial charge in [-0.1, -0.05) is 191 Å². The van der Waals surface area contributed by atoms with Crippen LogP contribution in [0.3, 0.4) is 0 Å². The smallest absolute Gasteiger partial charge is 0.121 e. The highest BCUT2D eigenvalue weighted by Gasteiger charge is 2.37. The number of hydrogen-bond donors (Lipinski definition) is 0. The summed E-state index contributed by atoms with van der Waals surface area (Å²) in [6.07, 6.45) is 0. The van der Waals surface area contributed by atoms with E-state index in [1.54, 1.807) is 0 Å². The highest BCUT2D eigenvalue weighted by atomic mass is 15.1. The Morgan fingerprint density at radius 1 is 0.344 bits per heavy atom. The average Bonchev–Trinajstić information content (AvgIpc) is 3.71. The van der Waals surface area contributed by atoms with Gasteiger partial charge in [-0.2, -0.15) is 10.2 Å². The van der Waals surface area contributed by atoms with Crippen LogP contribution in [0.5, 0.6) is 0 Å². The quantitative estimate of drug-likeness (QED) is 0.133. The van der Waals surface area contributed by atoms with Crippen LogP contribution in [-0.2, 0) is 10.8 Å². The summed E-state index contributed by atoms with van der Waals surface area (Å²) in [5, 5.41) is 9.81. The lowest BCUT2D eigenvalue weighted by Gasteiger charge is -2.28. The lowest BCUT2D eigenvalue weighted by atomic mass is 9.81. The third-order valence-corrected chi connectivity index (χ3v) is 13.7. The predicted molar refractivity (Wildman–Crippen MR) is 266 cm³/mol. The summed E-state index contributed by atoms with van der Waals surface area (Å²) in [6, 6.07) is 78.8. The molecule has 11 rings (SSSR count). The molecular formula is C61H49N3. The Labute approximate surface area is 377 Å². The van der Waals surface area contributed by atoms with E-state index >= 15 is 0 Å². The summed E-state index contributed by atoms with van der Waals surface area (Å²) in [5.74, 6) is 0. The highest BCUT2D eigenvalue weighted by Crippen LogP contribution is 2.52. The summed E-state index contributed by atoms with van der Waals surface area (Å²) in [7, 11) is 0. The third-order valence-electron chi connectivity index (χ3n) is 13.7. The van der Waals surface area contributed by atoms with Crippen molar-refractivity contribution in [3.63, 3.8) is 0 Å². The van der Waals surface area contributed by atoms with Crippen molar-refractivity contribution >= 4 is 22.7 Å². The predicted octanol–water partition coefficient (Wildman–Crippen LogP) is 17.0. The van der Waals surface area contributed by atoms with E-state index in [0.717, 1.165) is 33.9 Å². The minimum Gasteiger partial charge on any atom is -0.310 e. The molecule has 0 saturated carbocycles. The molecule has 0 saturated heterocycles. The molecule has 0 fully saturated rings. The van der Waals surface area contributed by atoms with Gasteiger partial charge in [0.15, 0.2) is 0 Å². The first kappa shape index (κ1) is 39.2. The molecule has 0 aromatic heterocycles. The molecule has 0 amide bonds. The SMILES string of the molecule is CC1(C)c2cc(N=NC(c3ccccc3)c3ccccc3)ccc2-c2ccc(-c3ccc(N(c4ccc(-c5ccccc5)cc4)c4ccc5c(c4)C(C)(C)c4ccccc4-5)cc3)cc21. The topological polar surface area (TPSA) is 28.0 Å². The monoisotopic (exact) mass is 823 g/mol. The van der Waals surface area contributed by atoms with Gasteiger partial charge in [-0.05, 0) is 132 Å². The normalized spacial score (nSPS) is 14.0. The molecule has 9 aromatic rings. The first-order chi connectivity index (χ1) is 31.2. The van der Waals surface area contributed by atoms with E-state index in [1.165, 1.54) is 66.8 Å². The molecule has 3 heteroatoms. The maximum Gasteiger partial charge on any atom is 0.121 e. The van der Waals surface area contributed by atoms with Gasteiger partial charge in [-0.3, -0.25) is 0 Å². The second kappa shape index (κ2) is 15.6. The van der Waals surface area contributed by atoms with E-state index in [9.17, 15) is 0 Å². The highest BCUT2D eigenvalue weighted by molar-refractivity contribution is 5.88. The van der Waals surface area contributed by atoms with Crippen LogP contribution in [0.15, 0.2) is 229 Å². The molecule has 0 atom stereocenters. The number of benzene rings is 9. The zero-order chi connectivity index (χ0) is 43.4. The minimum absolute atomic E-state index is 0.102. The Morgan fingerprint density at radius 2 is 0.766 bits per heavy atom. The Morgan fingerprint density at radius 3 is 1.39 bits per heavy atom. The van der Waals surface area contributed by atoms with Gasteiger partial charge in [-0.25, -0.2) is 0 Å². The fourth-order valence-electron chi connectivity index (χ4n) is 10.2. The maximum atomic E-state index is 4.94. The van der Waals surface area contributed by atoms with Crippen LogP contribution in [0.1, 0.15) is 67.1 Å². The van der Waals surface area contributed by atoms with Gasteiger partial charge >= 0.3 is 0 Å². The molecule has 2 aliphatic carbocycles. The third kappa shape index (κ3) is 6.76. The van der Waals surface area contributed by atoms with E-state index in [4.69, 9.17) is 10.2 Å². The first-order valence-electron chi connectivity index (χ1n) is 22.3. The fraction of sp³-hybridized carbons (Fsp3) is 0.115. The van der Waals surface area contributed by atoms with Crippen LogP contribution in [0.4, 0.5) is 22.7 Å². The first-order valence-corrected chi connectivity index (χ1v) is 22.3. The molecule has 2 aliphatic rings. The zero-order valence-electron chi connectivity index (χ0n) is 36.7. The van der Waals surface area contributed by atoms with Crippen molar-refractivity contribution in [1.82, 2.24) is 0 Å². The number of fused-ring (bicyclic) bond motifs is 6. The molecule has 0 unspecified atom stereocenters. The lowest BCUT2D eigenvalue weighted by molar-refractivity contribution is 0.660. The van der Waals surface area contributed by atoms with Gasteiger partial charge in [0, 0.05) is 27.9 Å². The van der Waals surface area contributed by atoms with E-state index < -0.39 is 0 Å². The van der Waals surface area contributed by atoms with Crippen LogP contribution in [0.25, 0.3) is 44.5 Å². The molecule has 0 aliphatic heterocycles. The van der Waals surface area contributed by atoms with Crippen molar-refractivity contribution in [2.24, 2.45) is 10.2 Å². The molecular weight excluding hydrogens is 775 g/mol. The van der Waals surface area contributed by atoms with Crippen molar-refractivity contribution in [2.75, 3.05) is 4.90 Å². The van der Waals surface area contributed by atoms with Gasteiger partial charge in [-0.15, -0.1) is 0 Å². The number of nitrogens with zero attached hydrogens (tertiary/aromatic N) is 3. The number of anilines is 3. The zero-order valence-corrected chi connectivity index (χ0v) is 36.7. The van der Waals surface area contributed by atoms with Crippen LogP contribution in [0.2, 0.25) is 0 Å². The van der Waals surface area contributed by atoms with E-state index in [-0.39, 0.29) is 16.9 Å². The summed E-state index contributed by atoms with van der Waals surface area (Å²) in [4.78, 5) is 2.40. The Balaban J connectivity index is 0.913. The summed E-state index contributed by atoms with van der Waals surface area (Å²) in [6.45, 7) is 9.37. The number of rotatable bonds is 9. The van der Waals surface area contributed by atoms with Gasteiger partial charge in [0.25, 0.3) is 0 Å². The Kier molecular flexibility index (Phi) is 9.58. The molecule has 3 nitrogen and oxygen atoms in total. The lowest BCUT2D eigenvalue weighted by Crippen LogP contribution is -2.16. The van der Waals surface area contributed by atoms with E-state index in [1.807, 2.05) is 12.1 Å². The van der Waals surface area contributed by atoms with Gasteiger partial charge in [0.1, 0.15) is 6.04 Å². The second-order valence-electron chi connectivity index (χ2n) is 18.3. The number of azo groups is 1. The summed E-state index contributed by atoms with van der Waals surface area (Å²) in [5.41, 5.74) is 21.5. The standard InChI is InChI=1S/C61H49N3/c1-60(2)55-23-15-14-22-51(55)54-37-34-50(40-58(54)60)64(48-30-24-42(25-31-48)41-16-8-5-9-17-41)49-32-26-43(27-33-49)46-28-35-52-53-36-29-47(39-57(53)61(3,4)56(52)38-46)62-63-59(44-18-10-6-11-19-44)45-20-12-7-13-21-45/h5-40,59H,1-4H3. The fourth-order valence-corrected chi connectivity index (χ4v) is 10.2. The summed E-state index contributed by atoms with van der Waals surface area (Å²) >= 11 is 0. The summed E-state index contributed by atoms with van der Waals surface area (Å²) < 4.78 is 0. The van der Waals surface area contributed by atoms with Gasteiger partial charge in [0.05, 0.1) is 5.69 Å². The molecule has 0 heterocycles. The van der Waals surface area contributed by atoms with Crippen LogP contribution in [-0.4, -0.2) is 0 Å².